The van der Waals surface area contributed by atoms with Gasteiger partial charge in [0.25, 0.3) is 0 Å². The summed E-state index contributed by atoms with van der Waals surface area (Å²) in [5.74, 6) is 0. The summed E-state index contributed by atoms with van der Waals surface area (Å²) in [6.07, 6.45) is 15.8. The maximum Gasteiger partial charge on any atom is 0.0581 e. The van der Waals surface area contributed by atoms with Crippen molar-refractivity contribution < 1.29 is 0 Å². The van der Waals surface area contributed by atoms with Gasteiger partial charge in [0, 0.05) is 32.3 Å². The fourth-order valence-corrected chi connectivity index (χ4v) is 7.70. The molecule has 0 N–H and O–H groups in total. The second kappa shape index (κ2) is 7.29. The molecule has 3 heterocycles. The zero-order valence-electron chi connectivity index (χ0n) is 17.0. The number of nitrogens with zero attached hydrogens (tertiary/aromatic N) is 6. The number of benzene rings is 3. The maximum atomic E-state index is 4.97. The van der Waals surface area contributed by atoms with E-state index in [-0.39, 0.29) is 0 Å². The van der Waals surface area contributed by atoms with Gasteiger partial charge in [-0.15, -0.1) is 0 Å². The summed E-state index contributed by atoms with van der Waals surface area (Å²) < 4.78 is 0. The summed E-state index contributed by atoms with van der Waals surface area (Å²) in [5, 5.41) is 34.3. The maximum absolute atomic E-state index is 4.97. The molecule has 7 heteroatoms. The van der Waals surface area contributed by atoms with E-state index in [0.717, 1.165) is 48.2 Å². The van der Waals surface area contributed by atoms with Gasteiger partial charge in [0.1, 0.15) is 0 Å². The summed E-state index contributed by atoms with van der Waals surface area (Å²) in [6.45, 7) is -2.36. The molecule has 6 nitrogen and oxygen atoms in total. The van der Waals surface area contributed by atoms with Gasteiger partial charge >= 0.3 is 0 Å². The minimum Gasteiger partial charge on any atom is -0.158 e. The Kier molecular flexibility index (Phi) is 4.27. The molecular formula is C25H17N6P. The third-order valence-electron chi connectivity index (χ3n) is 5.93. The van der Waals surface area contributed by atoms with Crippen molar-refractivity contribution in [1.82, 2.24) is 30.6 Å². The summed E-state index contributed by atoms with van der Waals surface area (Å²) in [7, 11) is 0. The first-order valence-electron chi connectivity index (χ1n) is 10.1. The molecule has 0 atom stereocenters. The Morgan fingerprint density at radius 1 is 0.500 bits per heavy atom. The van der Waals surface area contributed by atoms with Gasteiger partial charge in [-0.2, -0.15) is 30.6 Å². The minimum atomic E-state index is -2.36. The number of rotatable bonds is 3. The van der Waals surface area contributed by atoms with E-state index in [2.05, 4.69) is 85.2 Å². The number of fused-ring (bicyclic) bond motifs is 3. The van der Waals surface area contributed by atoms with E-state index in [1.54, 1.807) is 24.8 Å². The van der Waals surface area contributed by atoms with Gasteiger partial charge in [0.2, 0.25) is 0 Å². The van der Waals surface area contributed by atoms with Crippen LogP contribution in [0.1, 0.15) is 0 Å². The molecule has 0 bridgehead atoms. The highest BCUT2D eigenvalue weighted by Gasteiger charge is 2.26. The highest BCUT2D eigenvalue weighted by Crippen LogP contribution is 2.45. The van der Waals surface area contributed by atoms with Crippen LogP contribution in [0.25, 0.3) is 32.3 Å². The van der Waals surface area contributed by atoms with E-state index in [1.807, 2.05) is 12.4 Å². The molecule has 0 fully saturated rings. The quantitative estimate of drug-likeness (QED) is 0.400. The molecule has 0 aliphatic heterocycles. The van der Waals surface area contributed by atoms with E-state index < -0.39 is 6.89 Å². The first-order chi connectivity index (χ1) is 15.7. The third-order valence-corrected chi connectivity index (χ3v) is 9.51. The van der Waals surface area contributed by atoms with Gasteiger partial charge in [0.15, 0.2) is 0 Å². The lowest BCUT2D eigenvalue weighted by atomic mass is 10.2. The Bertz CT molecular complexity index is 1590. The smallest absolute Gasteiger partial charge is 0.0581 e. The van der Waals surface area contributed by atoms with Crippen molar-refractivity contribution in [1.29, 1.82) is 0 Å². The lowest BCUT2D eigenvalue weighted by Crippen LogP contribution is -2.27. The average molecular weight is 432 g/mol. The molecule has 3 aromatic heterocycles. The first-order valence-corrected chi connectivity index (χ1v) is 12.1. The Morgan fingerprint density at radius 3 is 1.59 bits per heavy atom. The van der Waals surface area contributed by atoms with Gasteiger partial charge < -0.3 is 0 Å². The van der Waals surface area contributed by atoms with Crippen LogP contribution in [0.4, 0.5) is 0 Å². The molecule has 6 aromatic rings. The van der Waals surface area contributed by atoms with Crippen LogP contribution in [0.5, 0.6) is 0 Å². The molecule has 0 aliphatic carbocycles. The monoisotopic (exact) mass is 432 g/mol. The molecule has 0 aliphatic rings. The number of hydrogen-bond acceptors (Lipinski definition) is 6. The summed E-state index contributed by atoms with van der Waals surface area (Å²) in [4.78, 5) is 0. The lowest BCUT2D eigenvalue weighted by molar-refractivity contribution is 1.05. The Morgan fingerprint density at radius 2 is 1.00 bits per heavy atom. The highest BCUT2D eigenvalue weighted by molar-refractivity contribution is 7.94. The van der Waals surface area contributed by atoms with Crippen molar-refractivity contribution in [2.24, 2.45) is 0 Å². The molecule has 0 saturated carbocycles. The van der Waals surface area contributed by atoms with E-state index in [9.17, 15) is 0 Å². The SMILES string of the molecule is C=P(c1ccc2cnncc2c1)(c1cccc2cnncc12)c1cccc2cnncc12. The topological polar surface area (TPSA) is 77.3 Å². The molecule has 3 aromatic carbocycles. The van der Waals surface area contributed by atoms with Crippen LogP contribution in [-0.4, -0.2) is 36.9 Å². The Balaban J connectivity index is 1.76. The van der Waals surface area contributed by atoms with Crippen LogP contribution in [0.3, 0.4) is 0 Å². The number of hydrogen-bond donors (Lipinski definition) is 0. The Hall–Kier alpha value is -4.02. The average Bonchev–Trinajstić information content (AvgIpc) is 2.87. The van der Waals surface area contributed by atoms with E-state index in [0.29, 0.717) is 0 Å². The second-order valence-electron chi connectivity index (χ2n) is 7.65. The van der Waals surface area contributed by atoms with Crippen LogP contribution in [0.2, 0.25) is 0 Å². The molecular weight excluding hydrogens is 415 g/mol. The predicted octanol–water partition coefficient (Wildman–Crippen LogP) is 3.24. The summed E-state index contributed by atoms with van der Waals surface area (Å²) in [6, 6.07) is 19.0. The van der Waals surface area contributed by atoms with Gasteiger partial charge in [-0.1, -0.05) is 54.8 Å². The van der Waals surface area contributed by atoms with Crippen LogP contribution in [0.15, 0.2) is 91.8 Å². The fraction of sp³-hybridized carbons (Fsp3) is 0. The van der Waals surface area contributed by atoms with Crippen LogP contribution in [0, 0.1) is 0 Å². The standard InChI is InChI=1S/C25H17N6P/c1-32(21-9-8-17-11-26-29-14-20(17)10-21,24-6-2-4-18-12-27-30-15-22(18)24)25-7-3-5-19-13-28-31-16-23(19)25/h2-16H,1H2. The van der Waals surface area contributed by atoms with Crippen molar-refractivity contribution in [3.05, 3.63) is 91.8 Å². The second-order valence-corrected chi connectivity index (χ2v) is 10.7. The van der Waals surface area contributed by atoms with Crippen LogP contribution < -0.4 is 15.9 Å². The van der Waals surface area contributed by atoms with Gasteiger partial charge in [0.05, 0.1) is 37.2 Å². The highest BCUT2D eigenvalue weighted by atomic mass is 31.2. The molecule has 152 valence electrons. The number of aromatic nitrogens is 6. The van der Waals surface area contributed by atoms with Crippen LogP contribution in [-0.2, 0) is 0 Å². The van der Waals surface area contributed by atoms with E-state index in [1.165, 1.54) is 0 Å². The molecule has 0 unspecified atom stereocenters. The molecule has 0 saturated heterocycles. The van der Waals surface area contributed by atoms with Gasteiger partial charge in [-0.05, 0) is 28.9 Å². The molecule has 32 heavy (non-hydrogen) atoms. The van der Waals surface area contributed by atoms with Crippen molar-refractivity contribution in [3.8, 4) is 0 Å². The lowest BCUT2D eigenvalue weighted by Gasteiger charge is -2.29. The fourth-order valence-electron chi connectivity index (χ4n) is 4.31. The first kappa shape index (κ1) is 18.7. The minimum absolute atomic E-state index is 1.03. The normalized spacial score (nSPS) is 11.9. The summed E-state index contributed by atoms with van der Waals surface area (Å²) in [5.41, 5.74) is 0. The van der Waals surface area contributed by atoms with Crippen LogP contribution >= 0.6 is 6.89 Å². The van der Waals surface area contributed by atoms with E-state index >= 15 is 0 Å². The molecule has 6 rings (SSSR count). The van der Waals surface area contributed by atoms with Crippen molar-refractivity contribution in [2.75, 3.05) is 0 Å². The third kappa shape index (κ3) is 2.81. The molecule has 0 radical (unpaired) electrons. The largest absolute Gasteiger partial charge is 0.158 e. The molecule has 0 amide bonds. The summed E-state index contributed by atoms with van der Waals surface area (Å²) >= 11 is 0. The van der Waals surface area contributed by atoms with Crippen molar-refractivity contribution in [3.63, 3.8) is 0 Å². The van der Waals surface area contributed by atoms with Crippen molar-refractivity contribution in [2.45, 2.75) is 0 Å². The van der Waals surface area contributed by atoms with Gasteiger partial charge in [-0.25, -0.2) is 0 Å². The zero-order chi connectivity index (χ0) is 21.5. The van der Waals surface area contributed by atoms with Crippen molar-refractivity contribution >= 4 is 61.4 Å². The Labute approximate surface area is 184 Å². The predicted molar refractivity (Wildman–Crippen MR) is 132 cm³/mol. The van der Waals surface area contributed by atoms with E-state index in [4.69, 9.17) is 6.30 Å². The zero-order valence-corrected chi connectivity index (χ0v) is 17.9. The molecule has 0 spiro atoms. The van der Waals surface area contributed by atoms with Gasteiger partial charge in [-0.3, -0.25) is 0 Å².